The van der Waals surface area contributed by atoms with Gasteiger partial charge in [-0.05, 0) is 0 Å². The second-order valence-corrected chi connectivity index (χ2v) is 2.49. The van der Waals surface area contributed by atoms with Crippen LogP contribution in [0.1, 0.15) is 11.1 Å². The molecule has 2 rings (SSSR count). The minimum Gasteiger partial charge on any atom is -0.372 e. The van der Waals surface area contributed by atoms with Gasteiger partial charge in [0.25, 0.3) is 0 Å². The van der Waals surface area contributed by atoms with Crippen molar-refractivity contribution in [3.8, 4) is 0 Å². The fourth-order valence-electron chi connectivity index (χ4n) is 1.22. The Balaban J connectivity index is 2.56. The molecule has 0 amide bonds. The molecule has 0 saturated heterocycles. The Morgan fingerprint density at radius 1 is 1.50 bits per heavy atom. The molecule has 0 atom stereocenters. The first-order valence-corrected chi connectivity index (χ1v) is 3.53. The maximum atomic E-state index is 10.0. The highest BCUT2D eigenvalue weighted by Crippen LogP contribution is 2.27. The first-order chi connectivity index (χ1) is 5.92. The van der Waals surface area contributed by atoms with E-state index in [1.165, 1.54) is 6.08 Å². The van der Waals surface area contributed by atoms with Gasteiger partial charge in [0.1, 0.15) is 5.69 Å². The van der Waals surface area contributed by atoms with Crippen LogP contribution < -0.4 is 0 Å². The summed E-state index contributed by atoms with van der Waals surface area (Å²) in [6, 6.07) is 0. The van der Waals surface area contributed by atoms with Crippen LogP contribution in [0.5, 0.6) is 0 Å². The number of ether oxygens (including phenoxy) is 1. The molecule has 0 spiro atoms. The van der Waals surface area contributed by atoms with Crippen LogP contribution in [-0.4, -0.2) is 11.1 Å². The third kappa shape index (κ3) is 1.03. The summed E-state index contributed by atoms with van der Waals surface area (Å²) in [4.78, 5) is 17.5. The minimum atomic E-state index is 0.512. The third-order valence-corrected chi connectivity index (χ3v) is 1.79. The second kappa shape index (κ2) is 2.85. The van der Waals surface area contributed by atoms with E-state index in [4.69, 9.17) is 4.74 Å². The van der Waals surface area contributed by atoms with Crippen LogP contribution in [0, 0.1) is 0 Å². The number of hydrogen-bond donors (Lipinski definition) is 0. The third-order valence-electron chi connectivity index (χ3n) is 1.79. The lowest BCUT2D eigenvalue weighted by Crippen LogP contribution is -1.84. The zero-order valence-electron chi connectivity index (χ0n) is 6.28. The summed E-state index contributed by atoms with van der Waals surface area (Å²) in [7, 11) is 0. The Kier molecular flexibility index (Phi) is 1.70. The van der Waals surface area contributed by atoms with Crippen molar-refractivity contribution in [2.24, 2.45) is 4.99 Å². The van der Waals surface area contributed by atoms with Crippen molar-refractivity contribution in [3.05, 3.63) is 23.5 Å². The highest BCUT2D eigenvalue weighted by molar-refractivity contribution is 5.54. The van der Waals surface area contributed by atoms with Crippen LogP contribution in [0.4, 0.5) is 5.69 Å². The first kappa shape index (κ1) is 7.16. The number of hydrogen-bond acceptors (Lipinski definition) is 4. The Labute approximate surface area is 68.9 Å². The van der Waals surface area contributed by atoms with Crippen molar-refractivity contribution < 1.29 is 9.53 Å². The second-order valence-electron chi connectivity index (χ2n) is 2.49. The zero-order chi connectivity index (χ0) is 8.39. The lowest BCUT2D eigenvalue weighted by atomic mass is 10.1. The Morgan fingerprint density at radius 2 is 2.42 bits per heavy atom. The topological polar surface area (TPSA) is 51.5 Å². The fourth-order valence-corrected chi connectivity index (χ4v) is 1.22. The molecule has 12 heavy (non-hydrogen) atoms. The Morgan fingerprint density at radius 3 is 3.25 bits per heavy atom. The maximum Gasteiger partial charge on any atom is 0.240 e. The zero-order valence-corrected chi connectivity index (χ0v) is 6.28. The van der Waals surface area contributed by atoms with Crippen molar-refractivity contribution in [1.29, 1.82) is 0 Å². The Bertz CT molecular complexity index is 356. The standard InChI is InChI=1S/C8H6N2O2/c11-5-10-8-2-9-1-6-3-12-4-7(6)8/h1-2H,3-4H2. The first-order valence-electron chi connectivity index (χ1n) is 3.53. The largest absolute Gasteiger partial charge is 0.372 e. The number of isocyanates is 1. The number of aliphatic imine (C=N–C) groups is 1. The number of rotatable bonds is 1. The van der Waals surface area contributed by atoms with Crippen LogP contribution >= 0.6 is 0 Å². The molecule has 1 aromatic rings. The minimum absolute atomic E-state index is 0.512. The molecule has 0 radical (unpaired) electrons. The summed E-state index contributed by atoms with van der Waals surface area (Å²) in [5, 5.41) is 0. The quantitative estimate of drug-likeness (QED) is 0.458. The molecule has 0 bridgehead atoms. The number of aromatic nitrogens is 1. The van der Waals surface area contributed by atoms with Gasteiger partial charge in [0, 0.05) is 17.3 Å². The van der Waals surface area contributed by atoms with Crippen LogP contribution in [-0.2, 0) is 22.7 Å². The SMILES string of the molecule is O=C=Nc1cncc2c1COC2. The van der Waals surface area contributed by atoms with E-state index in [1.807, 2.05) is 0 Å². The summed E-state index contributed by atoms with van der Waals surface area (Å²) in [6.07, 6.45) is 4.76. The summed E-state index contributed by atoms with van der Waals surface area (Å²) in [6.45, 7) is 1.07. The van der Waals surface area contributed by atoms with Gasteiger partial charge in [-0.2, -0.15) is 4.99 Å². The van der Waals surface area contributed by atoms with Gasteiger partial charge < -0.3 is 4.74 Å². The molecule has 4 heteroatoms. The molecule has 0 unspecified atom stereocenters. The number of nitrogens with zero attached hydrogens (tertiary/aromatic N) is 2. The molecule has 0 fully saturated rings. The van der Waals surface area contributed by atoms with Crippen LogP contribution in [0.3, 0.4) is 0 Å². The lowest BCUT2D eigenvalue weighted by Gasteiger charge is -1.96. The van der Waals surface area contributed by atoms with Gasteiger partial charge in [-0.1, -0.05) is 0 Å². The molecule has 1 aromatic heterocycles. The van der Waals surface area contributed by atoms with Gasteiger partial charge >= 0.3 is 0 Å². The molecular weight excluding hydrogens is 156 g/mol. The maximum absolute atomic E-state index is 10.0. The van der Waals surface area contributed by atoms with Gasteiger partial charge in [0.15, 0.2) is 0 Å². The molecule has 0 saturated carbocycles. The molecular formula is C8H6N2O2. The van der Waals surface area contributed by atoms with Gasteiger partial charge in [0.05, 0.1) is 19.4 Å². The van der Waals surface area contributed by atoms with Crippen molar-refractivity contribution in [2.45, 2.75) is 13.2 Å². The highest BCUT2D eigenvalue weighted by Gasteiger charge is 2.14. The molecule has 0 aliphatic carbocycles. The van der Waals surface area contributed by atoms with Crippen LogP contribution in [0.2, 0.25) is 0 Å². The molecule has 4 nitrogen and oxygen atoms in total. The van der Waals surface area contributed by atoms with E-state index in [9.17, 15) is 4.79 Å². The summed E-state index contributed by atoms with van der Waals surface area (Å²) >= 11 is 0. The monoisotopic (exact) mass is 162 g/mol. The van der Waals surface area contributed by atoms with Crippen molar-refractivity contribution in [2.75, 3.05) is 0 Å². The van der Waals surface area contributed by atoms with Gasteiger partial charge in [0.2, 0.25) is 6.08 Å². The smallest absolute Gasteiger partial charge is 0.240 e. The van der Waals surface area contributed by atoms with Gasteiger partial charge in [-0.15, -0.1) is 0 Å². The van der Waals surface area contributed by atoms with Crippen molar-refractivity contribution in [3.63, 3.8) is 0 Å². The number of fused-ring (bicyclic) bond motifs is 1. The van der Waals surface area contributed by atoms with Crippen molar-refractivity contribution >= 4 is 11.8 Å². The lowest BCUT2D eigenvalue weighted by molar-refractivity contribution is 0.134. The van der Waals surface area contributed by atoms with E-state index < -0.39 is 0 Å². The summed E-state index contributed by atoms with van der Waals surface area (Å²) in [5.74, 6) is 0. The molecule has 1 aliphatic rings. The molecule has 0 aromatic carbocycles. The predicted octanol–water partition coefficient (Wildman–Crippen LogP) is 1.08. The molecule has 2 heterocycles. The number of pyridine rings is 1. The van der Waals surface area contributed by atoms with E-state index in [1.54, 1.807) is 12.4 Å². The summed E-state index contributed by atoms with van der Waals surface area (Å²) in [5.41, 5.74) is 2.53. The average molecular weight is 162 g/mol. The molecule has 0 N–H and O–H groups in total. The summed E-state index contributed by atoms with van der Waals surface area (Å²) < 4.78 is 5.17. The normalized spacial score (nSPS) is 13.7. The van der Waals surface area contributed by atoms with E-state index in [2.05, 4.69) is 9.98 Å². The fraction of sp³-hybridized carbons (Fsp3) is 0.250. The van der Waals surface area contributed by atoms with Gasteiger partial charge in [-0.3, -0.25) is 4.98 Å². The number of carbonyl (C=O) groups excluding carboxylic acids is 1. The van der Waals surface area contributed by atoms with Gasteiger partial charge in [-0.25, -0.2) is 4.79 Å². The van der Waals surface area contributed by atoms with Crippen LogP contribution in [0.15, 0.2) is 17.4 Å². The molecule has 1 aliphatic heterocycles. The van der Waals surface area contributed by atoms with Crippen LogP contribution in [0.25, 0.3) is 0 Å². The van der Waals surface area contributed by atoms with E-state index in [0.717, 1.165) is 11.1 Å². The molecule has 60 valence electrons. The predicted molar refractivity (Wildman–Crippen MR) is 40.5 cm³/mol. The van der Waals surface area contributed by atoms with E-state index in [-0.39, 0.29) is 0 Å². The Hall–Kier alpha value is -1.51. The van der Waals surface area contributed by atoms with Crippen molar-refractivity contribution in [1.82, 2.24) is 4.98 Å². The average Bonchev–Trinajstić information content (AvgIpc) is 2.53. The van der Waals surface area contributed by atoms with E-state index in [0.29, 0.717) is 18.9 Å². The highest BCUT2D eigenvalue weighted by atomic mass is 16.5. The van der Waals surface area contributed by atoms with E-state index >= 15 is 0 Å².